The molecule has 4 rings (SSSR count). The zero-order valence-electron chi connectivity index (χ0n) is 24.0. The molecule has 0 unspecified atom stereocenters. The van der Waals surface area contributed by atoms with Crippen molar-refractivity contribution < 1.29 is 33.2 Å². The van der Waals surface area contributed by atoms with E-state index in [9.17, 15) is 0 Å². The van der Waals surface area contributed by atoms with E-state index in [0.29, 0.717) is 39.6 Å². The van der Waals surface area contributed by atoms with Crippen LogP contribution in [0.15, 0.2) is 91.0 Å². The first kappa shape index (κ1) is 31.7. The minimum Gasteiger partial charge on any atom is -0.382 e. The lowest BCUT2D eigenvalue weighted by Crippen LogP contribution is -2.47. The van der Waals surface area contributed by atoms with Crippen molar-refractivity contribution in [3.05, 3.63) is 108 Å². The minimum atomic E-state index is -0.809. The van der Waals surface area contributed by atoms with E-state index < -0.39 is 11.0 Å². The molecule has 1 aliphatic heterocycles. The number of rotatable bonds is 19. The summed E-state index contributed by atoms with van der Waals surface area (Å²) in [5.74, 6) is 0.808. The van der Waals surface area contributed by atoms with Crippen LogP contribution in [0.2, 0.25) is 0 Å². The number of hydrogen-bond acceptors (Lipinski definition) is 8. The molecule has 41 heavy (non-hydrogen) atoms. The van der Waals surface area contributed by atoms with Crippen molar-refractivity contribution in [3.63, 3.8) is 0 Å². The third kappa shape index (κ3) is 9.91. The highest BCUT2D eigenvalue weighted by Gasteiger charge is 2.57. The molecule has 0 saturated carbocycles. The second kappa shape index (κ2) is 17.6. The van der Waals surface area contributed by atoms with Gasteiger partial charge in [0.25, 0.3) is 0 Å². The van der Waals surface area contributed by atoms with E-state index in [1.807, 2.05) is 54.6 Å². The van der Waals surface area contributed by atoms with Crippen LogP contribution in [-0.4, -0.2) is 69.3 Å². The van der Waals surface area contributed by atoms with Gasteiger partial charge in [-0.2, -0.15) is 0 Å². The molecule has 8 heteroatoms. The van der Waals surface area contributed by atoms with Gasteiger partial charge in [-0.15, -0.1) is 11.8 Å². The van der Waals surface area contributed by atoms with Crippen molar-refractivity contribution in [1.82, 2.24) is 0 Å². The Morgan fingerprint density at radius 2 is 1.29 bits per heavy atom. The predicted octanol–water partition coefficient (Wildman–Crippen LogP) is 5.86. The Morgan fingerprint density at radius 3 is 1.88 bits per heavy atom. The van der Waals surface area contributed by atoms with E-state index in [-0.39, 0.29) is 25.6 Å². The summed E-state index contributed by atoms with van der Waals surface area (Å²) >= 11 is 1.67. The molecule has 1 saturated heterocycles. The fourth-order valence-corrected chi connectivity index (χ4v) is 5.95. The maximum atomic E-state index is 6.84. The summed E-state index contributed by atoms with van der Waals surface area (Å²) in [5.41, 5.74) is 3.27. The topological polar surface area (TPSA) is 64.6 Å². The van der Waals surface area contributed by atoms with Crippen molar-refractivity contribution in [2.24, 2.45) is 0 Å². The normalized spacial score (nSPS) is 22.2. The minimum absolute atomic E-state index is 0.134. The van der Waals surface area contributed by atoms with Crippen molar-refractivity contribution >= 4 is 11.8 Å². The summed E-state index contributed by atoms with van der Waals surface area (Å²) in [7, 11) is 1.65. The third-order valence-electron chi connectivity index (χ3n) is 6.69. The van der Waals surface area contributed by atoms with Crippen LogP contribution in [0.4, 0.5) is 0 Å². The fraction of sp³-hybridized carbons (Fsp3) is 0.455. The molecule has 1 fully saturated rings. The van der Waals surface area contributed by atoms with Crippen LogP contribution in [-0.2, 0) is 53.0 Å². The Hall–Kier alpha value is -2.27. The van der Waals surface area contributed by atoms with Gasteiger partial charge in [0, 0.05) is 7.11 Å². The van der Waals surface area contributed by atoms with Gasteiger partial charge in [0.05, 0.1) is 46.2 Å². The van der Waals surface area contributed by atoms with Crippen molar-refractivity contribution in [2.45, 2.75) is 50.0 Å². The van der Waals surface area contributed by atoms with E-state index in [0.717, 1.165) is 22.4 Å². The number of hydrogen-bond donors (Lipinski definition) is 0. The zero-order valence-corrected chi connectivity index (χ0v) is 24.8. The quantitative estimate of drug-likeness (QED) is 0.129. The molecule has 0 aliphatic carbocycles. The van der Waals surface area contributed by atoms with E-state index in [2.05, 4.69) is 43.3 Å². The van der Waals surface area contributed by atoms with Crippen LogP contribution in [0.3, 0.4) is 0 Å². The van der Waals surface area contributed by atoms with E-state index in [1.165, 1.54) is 0 Å². The molecule has 1 heterocycles. The number of benzene rings is 3. The predicted molar refractivity (Wildman–Crippen MR) is 161 cm³/mol. The van der Waals surface area contributed by atoms with E-state index in [4.69, 9.17) is 33.2 Å². The summed E-state index contributed by atoms with van der Waals surface area (Å²) in [4.78, 5) is -0.809. The maximum Gasteiger partial charge on any atom is 0.166 e. The van der Waals surface area contributed by atoms with Gasteiger partial charge in [-0.1, -0.05) is 97.9 Å². The van der Waals surface area contributed by atoms with Gasteiger partial charge in [-0.25, -0.2) is 0 Å². The molecule has 0 amide bonds. The SMILES string of the molecule is CCS[C@]1(COCOCCOC)O[C@H](COCc2ccccc2)[C@@H](OCc2ccccc2)[C@@H]1OCc1ccccc1. The molecule has 4 atom stereocenters. The molecule has 0 aromatic heterocycles. The third-order valence-corrected chi connectivity index (χ3v) is 7.91. The standard InChI is InChI=1S/C33H42O7S/c1-3-41-33(25-37-26-35-20-19-34-2)32(39-23-29-17-11-6-12-18-29)31(38-22-28-15-9-5-10-16-28)30(40-33)24-36-21-27-13-7-4-8-14-27/h4-18,30-32H,3,19-26H2,1-2H3/t30-,31-,32+,33+/m1/s1. The van der Waals surface area contributed by atoms with Crippen LogP contribution in [0.5, 0.6) is 0 Å². The molecule has 222 valence electrons. The molecule has 0 bridgehead atoms. The highest BCUT2D eigenvalue weighted by Crippen LogP contribution is 2.44. The lowest BCUT2D eigenvalue weighted by Gasteiger charge is -2.34. The van der Waals surface area contributed by atoms with Crippen molar-refractivity contribution in [2.75, 3.05) is 46.1 Å². The lowest BCUT2D eigenvalue weighted by molar-refractivity contribution is -0.135. The monoisotopic (exact) mass is 582 g/mol. The molecule has 0 radical (unpaired) electrons. The molecule has 1 aliphatic rings. The Balaban J connectivity index is 1.54. The number of methoxy groups -OCH3 is 1. The van der Waals surface area contributed by atoms with Crippen LogP contribution in [0, 0.1) is 0 Å². The van der Waals surface area contributed by atoms with Gasteiger partial charge < -0.3 is 33.2 Å². The van der Waals surface area contributed by atoms with Gasteiger partial charge in [0.1, 0.15) is 25.1 Å². The summed E-state index contributed by atoms with van der Waals surface area (Å²) in [6.45, 7) is 5.18. The summed E-state index contributed by atoms with van der Waals surface area (Å²) in [6, 6.07) is 30.4. The van der Waals surface area contributed by atoms with Gasteiger partial charge in [0.15, 0.2) is 4.93 Å². The molecule has 0 N–H and O–H groups in total. The molecule has 3 aromatic carbocycles. The van der Waals surface area contributed by atoms with Gasteiger partial charge in [-0.05, 0) is 22.4 Å². The van der Waals surface area contributed by atoms with Crippen molar-refractivity contribution in [3.8, 4) is 0 Å². The van der Waals surface area contributed by atoms with Crippen LogP contribution < -0.4 is 0 Å². The largest absolute Gasteiger partial charge is 0.382 e. The van der Waals surface area contributed by atoms with Gasteiger partial charge in [-0.3, -0.25) is 0 Å². The number of ether oxygens (including phenoxy) is 7. The highest BCUT2D eigenvalue weighted by molar-refractivity contribution is 8.00. The Bertz CT molecular complexity index is 1090. The summed E-state index contributed by atoms with van der Waals surface area (Å²) < 4.78 is 43.0. The Morgan fingerprint density at radius 1 is 0.707 bits per heavy atom. The first-order valence-electron chi connectivity index (χ1n) is 14.1. The summed E-state index contributed by atoms with van der Waals surface area (Å²) in [6.07, 6.45) is -1.16. The number of thioether (sulfide) groups is 1. The smallest absolute Gasteiger partial charge is 0.166 e. The average molecular weight is 583 g/mol. The second-order valence-electron chi connectivity index (χ2n) is 9.75. The van der Waals surface area contributed by atoms with Crippen LogP contribution in [0.1, 0.15) is 23.6 Å². The second-order valence-corrected chi connectivity index (χ2v) is 11.3. The van der Waals surface area contributed by atoms with Crippen molar-refractivity contribution in [1.29, 1.82) is 0 Å². The average Bonchev–Trinajstić information content (AvgIpc) is 3.30. The fourth-order valence-electron chi connectivity index (χ4n) is 4.74. The van der Waals surface area contributed by atoms with E-state index >= 15 is 0 Å². The molecular weight excluding hydrogens is 540 g/mol. The van der Waals surface area contributed by atoms with Crippen LogP contribution in [0.25, 0.3) is 0 Å². The lowest BCUT2D eigenvalue weighted by atomic mass is 10.1. The molecule has 3 aromatic rings. The Kier molecular flexibility index (Phi) is 13.6. The van der Waals surface area contributed by atoms with Gasteiger partial charge in [0.2, 0.25) is 0 Å². The highest BCUT2D eigenvalue weighted by atomic mass is 32.2. The first-order chi connectivity index (χ1) is 20.2. The zero-order chi connectivity index (χ0) is 28.6. The summed E-state index contributed by atoms with van der Waals surface area (Å²) in [5, 5.41) is 0. The van der Waals surface area contributed by atoms with E-state index in [1.54, 1.807) is 18.9 Å². The van der Waals surface area contributed by atoms with Crippen LogP contribution >= 0.6 is 11.8 Å². The molecular formula is C33H42O7S. The van der Waals surface area contributed by atoms with Gasteiger partial charge >= 0.3 is 0 Å². The first-order valence-corrected chi connectivity index (χ1v) is 15.1. The maximum absolute atomic E-state index is 6.84. The molecule has 0 spiro atoms. The molecule has 7 nitrogen and oxygen atoms in total. The Labute approximate surface area is 248 Å².